The standard InChI is InChI=1S/C19H19ClN4O2/c1-2-24(12-18(25)21-14-9-7-13(20)8-10-14)11-17-22-16-6-4-3-5-15(16)19(26)23-17/h3-10H,2,11-12H2,1H3,(H,21,25)(H,22,23,26)/p+1. The average molecular weight is 372 g/mol. The van der Waals surface area contributed by atoms with Gasteiger partial charge in [0.1, 0.15) is 6.54 Å². The molecule has 3 rings (SSSR count). The molecule has 0 bridgehead atoms. The number of carbonyl (C=O) groups excluding carboxylic acids is 1. The average Bonchev–Trinajstić information content (AvgIpc) is 2.63. The van der Waals surface area contributed by atoms with Crippen LogP contribution in [0.25, 0.3) is 10.9 Å². The lowest BCUT2D eigenvalue weighted by molar-refractivity contribution is -0.904. The molecule has 134 valence electrons. The largest absolute Gasteiger partial charge is 0.321 e. The molecule has 2 aromatic carbocycles. The second-order valence-corrected chi connectivity index (χ2v) is 6.48. The molecule has 0 aliphatic heterocycles. The number of hydrogen-bond acceptors (Lipinski definition) is 3. The van der Waals surface area contributed by atoms with Gasteiger partial charge in [-0.3, -0.25) is 9.59 Å². The van der Waals surface area contributed by atoms with E-state index in [1.807, 2.05) is 25.1 Å². The lowest BCUT2D eigenvalue weighted by Crippen LogP contribution is -3.11. The predicted molar refractivity (Wildman–Crippen MR) is 103 cm³/mol. The molecule has 3 N–H and O–H groups in total. The summed E-state index contributed by atoms with van der Waals surface area (Å²) >= 11 is 5.85. The molecule has 1 amide bonds. The number of nitrogens with zero attached hydrogens (tertiary/aromatic N) is 1. The van der Waals surface area contributed by atoms with Gasteiger partial charge in [0, 0.05) is 10.7 Å². The molecule has 3 aromatic rings. The van der Waals surface area contributed by atoms with E-state index in [2.05, 4.69) is 15.3 Å². The summed E-state index contributed by atoms with van der Waals surface area (Å²) in [5, 5.41) is 4.04. The van der Waals surface area contributed by atoms with Crippen molar-refractivity contribution in [3.8, 4) is 0 Å². The Labute approximate surface area is 155 Å². The Kier molecular flexibility index (Phi) is 5.65. The molecule has 0 spiro atoms. The number of halogens is 1. The lowest BCUT2D eigenvalue weighted by Gasteiger charge is -2.17. The van der Waals surface area contributed by atoms with Gasteiger partial charge in [-0.05, 0) is 43.3 Å². The van der Waals surface area contributed by atoms with Crippen LogP contribution in [0.15, 0.2) is 53.3 Å². The SMILES string of the molecule is CC[NH+](CC(=O)Nc1ccc(Cl)cc1)Cc1nc2ccccc2c(=O)[nH]1. The zero-order chi connectivity index (χ0) is 18.5. The summed E-state index contributed by atoms with van der Waals surface area (Å²) < 4.78 is 0. The number of fused-ring (bicyclic) bond motifs is 1. The molecule has 6 nitrogen and oxygen atoms in total. The van der Waals surface area contributed by atoms with Gasteiger partial charge in [-0.25, -0.2) is 4.98 Å². The van der Waals surface area contributed by atoms with Crippen LogP contribution in [0.4, 0.5) is 5.69 Å². The predicted octanol–water partition coefficient (Wildman–Crippen LogP) is 1.62. The number of anilines is 1. The zero-order valence-corrected chi connectivity index (χ0v) is 15.1. The number of para-hydroxylation sites is 1. The van der Waals surface area contributed by atoms with Crippen LogP contribution in [0.2, 0.25) is 5.02 Å². The van der Waals surface area contributed by atoms with Crippen molar-refractivity contribution < 1.29 is 9.69 Å². The molecule has 1 unspecified atom stereocenters. The Morgan fingerprint density at radius 3 is 2.65 bits per heavy atom. The summed E-state index contributed by atoms with van der Waals surface area (Å²) in [7, 11) is 0. The number of hydrogen-bond donors (Lipinski definition) is 3. The lowest BCUT2D eigenvalue weighted by atomic mass is 10.2. The highest BCUT2D eigenvalue weighted by atomic mass is 35.5. The van der Waals surface area contributed by atoms with Gasteiger partial charge in [-0.1, -0.05) is 23.7 Å². The molecule has 0 fully saturated rings. The van der Waals surface area contributed by atoms with Crippen molar-refractivity contribution in [2.45, 2.75) is 13.5 Å². The Bertz CT molecular complexity index is 969. The van der Waals surface area contributed by atoms with Gasteiger partial charge in [-0.2, -0.15) is 0 Å². The summed E-state index contributed by atoms with van der Waals surface area (Å²) in [5.41, 5.74) is 1.20. The van der Waals surface area contributed by atoms with Gasteiger partial charge in [0.15, 0.2) is 12.4 Å². The summed E-state index contributed by atoms with van der Waals surface area (Å²) in [6, 6.07) is 14.2. The minimum atomic E-state index is -0.160. The highest BCUT2D eigenvalue weighted by Gasteiger charge is 2.15. The van der Waals surface area contributed by atoms with Crippen molar-refractivity contribution in [1.29, 1.82) is 0 Å². The van der Waals surface area contributed by atoms with E-state index >= 15 is 0 Å². The number of rotatable bonds is 6. The van der Waals surface area contributed by atoms with E-state index in [1.54, 1.807) is 30.3 Å². The number of H-pyrrole nitrogens is 1. The molecular weight excluding hydrogens is 352 g/mol. The molecule has 0 aliphatic carbocycles. The van der Waals surface area contributed by atoms with Crippen molar-refractivity contribution in [3.05, 3.63) is 69.7 Å². The Balaban J connectivity index is 1.68. The van der Waals surface area contributed by atoms with Crippen LogP contribution in [-0.2, 0) is 11.3 Å². The van der Waals surface area contributed by atoms with Gasteiger partial charge in [0.05, 0.1) is 17.4 Å². The normalized spacial score (nSPS) is 12.1. The van der Waals surface area contributed by atoms with Crippen LogP contribution >= 0.6 is 11.6 Å². The topological polar surface area (TPSA) is 79.3 Å². The number of carbonyl (C=O) groups is 1. The fourth-order valence-electron chi connectivity index (χ4n) is 2.73. The van der Waals surface area contributed by atoms with Crippen molar-refractivity contribution in [2.75, 3.05) is 18.4 Å². The van der Waals surface area contributed by atoms with Gasteiger partial charge >= 0.3 is 0 Å². The third-order valence-corrected chi connectivity index (χ3v) is 4.37. The summed E-state index contributed by atoms with van der Waals surface area (Å²) in [5.74, 6) is 0.470. The van der Waals surface area contributed by atoms with E-state index in [4.69, 9.17) is 11.6 Å². The third kappa shape index (κ3) is 4.47. The zero-order valence-electron chi connectivity index (χ0n) is 14.4. The molecule has 1 aromatic heterocycles. The Morgan fingerprint density at radius 2 is 1.92 bits per heavy atom. The molecule has 0 saturated heterocycles. The number of likely N-dealkylation sites (N-methyl/N-ethyl adjacent to an activating group) is 1. The molecule has 0 radical (unpaired) electrons. The van der Waals surface area contributed by atoms with Gasteiger partial charge in [-0.15, -0.1) is 0 Å². The molecule has 7 heteroatoms. The number of nitrogens with one attached hydrogen (secondary N) is 3. The monoisotopic (exact) mass is 371 g/mol. The first-order valence-corrected chi connectivity index (χ1v) is 8.80. The maximum absolute atomic E-state index is 12.3. The van der Waals surface area contributed by atoms with Crippen LogP contribution in [0, 0.1) is 0 Å². The number of amides is 1. The van der Waals surface area contributed by atoms with E-state index in [0.29, 0.717) is 34.0 Å². The Hall–Kier alpha value is -2.70. The molecule has 1 heterocycles. The maximum Gasteiger partial charge on any atom is 0.279 e. The molecule has 0 aliphatic rings. The molecular formula is C19H20ClN4O2+. The highest BCUT2D eigenvalue weighted by Crippen LogP contribution is 2.12. The molecule has 26 heavy (non-hydrogen) atoms. The van der Waals surface area contributed by atoms with Crippen molar-refractivity contribution in [3.63, 3.8) is 0 Å². The van der Waals surface area contributed by atoms with Crippen LogP contribution < -0.4 is 15.8 Å². The van der Waals surface area contributed by atoms with Gasteiger partial charge < -0.3 is 15.2 Å². The Morgan fingerprint density at radius 1 is 1.19 bits per heavy atom. The van der Waals surface area contributed by atoms with E-state index in [9.17, 15) is 9.59 Å². The minimum absolute atomic E-state index is 0.104. The van der Waals surface area contributed by atoms with Crippen LogP contribution in [0.1, 0.15) is 12.7 Å². The van der Waals surface area contributed by atoms with Gasteiger partial charge in [0.2, 0.25) is 0 Å². The summed E-state index contributed by atoms with van der Waals surface area (Å²) in [6.07, 6.45) is 0. The summed E-state index contributed by atoms with van der Waals surface area (Å²) in [4.78, 5) is 32.8. The molecule has 1 atom stereocenters. The van der Waals surface area contributed by atoms with E-state index in [1.165, 1.54) is 0 Å². The van der Waals surface area contributed by atoms with Crippen molar-refractivity contribution >= 4 is 34.1 Å². The number of quaternary nitrogens is 1. The smallest absolute Gasteiger partial charge is 0.279 e. The fraction of sp³-hybridized carbons (Fsp3) is 0.211. The van der Waals surface area contributed by atoms with Gasteiger partial charge in [0.25, 0.3) is 11.5 Å². The van der Waals surface area contributed by atoms with E-state index in [-0.39, 0.29) is 18.0 Å². The number of aromatic nitrogens is 2. The summed E-state index contributed by atoms with van der Waals surface area (Å²) in [6.45, 7) is 3.45. The van der Waals surface area contributed by atoms with Crippen molar-refractivity contribution in [2.24, 2.45) is 0 Å². The van der Waals surface area contributed by atoms with Crippen LogP contribution in [-0.4, -0.2) is 29.0 Å². The van der Waals surface area contributed by atoms with Crippen LogP contribution in [0.5, 0.6) is 0 Å². The highest BCUT2D eigenvalue weighted by molar-refractivity contribution is 6.30. The third-order valence-electron chi connectivity index (χ3n) is 4.12. The second kappa shape index (κ2) is 8.12. The first-order valence-electron chi connectivity index (χ1n) is 8.42. The van der Waals surface area contributed by atoms with Crippen LogP contribution in [0.3, 0.4) is 0 Å². The number of aromatic amines is 1. The maximum atomic E-state index is 12.3. The quantitative estimate of drug-likeness (QED) is 0.616. The second-order valence-electron chi connectivity index (χ2n) is 6.04. The first-order chi connectivity index (χ1) is 12.5. The number of benzene rings is 2. The minimum Gasteiger partial charge on any atom is -0.321 e. The molecule has 0 saturated carbocycles. The first kappa shape index (κ1) is 18.1. The van der Waals surface area contributed by atoms with E-state index in [0.717, 1.165) is 11.4 Å². The van der Waals surface area contributed by atoms with E-state index < -0.39 is 0 Å². The fourth-order valence-corrected chi connectivity index (χ4v) is 2.86. The van der Waals surface area contributed by atoms with Crippen molar-refractivity contribution in [1.82, 2.24) is 9.97 Å².